The van der Waals surface area contributed by atoms with Crippen LogP contribution < -0.4 is 4.74 Å². The first-order valence-corrected chi connectivity index (χ1v) is 8.38. The molecular formula is C18H27FN2O3. The van der Waals surface area contributed by atoms with Gasteiger partial charge in [-0.05, 0) is 56.5 Å². The van der Waals surface area contributed by atoms with Crippen LogP contribution >= 0.6 is 0 Å². The second kappa shape index (κ2) is 8.44. The summed E-state index contributed by atoms with van der Waals surface area (Å²) in [7, 11) is 3.16. The van der Waals surface area contributed by atoms with Crippen molar-refractivity contribution >= 4 is 5.91 Å². The number of benzene rings is 1. The number of nitrogens with zero attached hydrogens (tertiary/aromatic N) is 2. The summed E-state index contributed by atoms with van der Waals surface area (Å²) in [6.45, 7) is 4.13. The lowest BCUT2D eigenvalue weighted by molar-refractivity contribution is -0.136. The minimum absolute atomic E-state index is 0.0219. The predicted molar refractivity (Wildman–Crippen MR) is 90.3 cm³/mol. The quantitative estimate of drug-likeness (QED) is 0.861. The highest BCUT2D eigenvalue weighted by atomic mass is 19.1. The van der Waals surface area contributed by atoms with Crippen LogP contribution in [0.4, 0.5) is 4.39 Å². The Balaban J connectivity index is 1.92. The molecule has 24 heavy (non-hydrogen) atoms. The number of carbonyl (C=O) groups excluding carboxylic acids is 1. The van der Waals surface area contributed by atoms with Crippen molar-refractivity contribution in [3.63, 3.8) is 0 Å². The van der Waals surface area contributed by atoms with E-state index in [1.165, 1.54) is 13.2 Å². The third kappa shape index (κ3) is 4.45. The van der Waals surface area contributed by atoms with Gasteiger partial charge in [-0.3, -0.25) is 9.69 Å². The van der Waals surface area contributed by atoms with Gasteiger partial charge in [0.1, 0.15) is 0 Å². The van der Waals surface area contributed by atoms with Gasteiger partial charge in [0.2, 0.25) is 5.91 Å². The summed E-state index contributed by atoms with van der Waals surface area (Å²) in [5, 5.41) is 9.20. The van der Waals surface area contributed by atoms with Crippen molar-refractivity contribution < 1.29 is 19.0 Å². The molecule has 1 aliphatic rings. The zero-order valence-electron chi connectivity index (χ0n) is 14.7. The van der Waals surface area contributed by atoms with Gasteiger partial charge in [0.25, 0.3) is 0 Å². The molecule has 0 radical (unpaired) electrons. The average molecular weight is 338 g/mol. The van der Waals surface area contributed by atoms with Crippen LogP contribution in [0.1, 0.15) is 25.3 Å². The molecule has 1 saturated heterocycles. The van der Waals surface area contributed by atoms with E-state index in [0.29, 0.717) is 12.5 Å². The molecule has 0 bridgehead atoms. The lowest BCUT2D eigenvalue weighted by Crippen LogP contribution is -2.48. The molecule has 1 aromatic rings. The molecule has 1 aliphatic heterocycles. The monoisotopic (exact) mass is 338 g/mol. The minimum Gasteiger partial charge on any atom is -0.494 e. The number of hydrogen-bond donors (Lipinski definition) is 1. The first-order valence-electron chi connectivity index (χ1n) is 8.38. The maximum atomic E-state index is 13.8. The van der Waals surface area contributed by atoms with E-state index in [1.54, 1.807) is 24.1 Å². The SMILES string of the molecule is COc1ccc(CN(C)C(=O)C(C)N2CCC(CO)CC2)cc1F. The maximum absolute atomic E-state index is 13.8. The van der Waals surface area contributed by atoms with E-state index in [0.717, 1.165) is 31.5 Å². The van der Waals surface area contributed by atoms with E-state index in [2.05, 4.69) is 4.90 Å². The fraction of sp³-hybridized carbons (Fsp3) is 0.611. The second-order valence-corrected chi connectivity index (χ2v) is 6.50. The van der Waals surface area contributed by atoms with Crippen molar-refractivity contribution in [2.45, 2.75) is 32.4 Å². The number of rotatable bonds is 6. The fourth-order valence-corrected chi connectivity index (χ4v) is 3.16. The zero-order chi connectivity index (χ0) is 17.7. The molecule has 1 aromatic carbocycles. The number of carbonyl (C=O) groups is 1. The van der Waals surface area contributed by atoms with E-state index in [9.17, 15) is 14.3 Å². The summed E-state index contributed by atoms with van der Waals surface area (Å²) in [5.41, 5.74) is 0.732. The van der Waals surface area contributed by atoms with Gasteiger partial charge in [0, 0.05) is 20.2 Å². The van der Waals surface area contributed by atoms with Gasteiger partial charge in [0.15, 0.2) is 11.6 Å². The van der Waals surface area contributed by atoms with E-state index in [-0.39, 0.29) is 24.3 Å². The van der Waals surface area contributed by atoms with Crippen LogP contribution in [0.5, 0.6) is 5.75 Å². The van der Waals surface area contributed by atoms with Gasteiger partial charge in [0.05, 0.1) is 13.2 Å². The standard InChI is InChI=1S/C18H27FN2O3/c1-13(21-8-6-14(12-22)7-9-21)18(23)20(2)11-15-4-5-17(24-3)16(19)10-15/h4-5,10,13-14,22H,6-9,11-12H2,1-3H3. The van der Waals surface area contributed by atoms with Gasteiger partial charge >= 0.3 is 0 Å². The largest absolute Gasteiger partial charge is 0.494 e. The average Bonchev–Trinajstić information content (AvgIpc) is 2.60. The van der Waals surface area contributed by atoms with Crippen LogP contribution in [-0.2, 0) is 11.3 Å². The Bertz CT molecular complexity index is 559. The van der Waals surface area contributed by atoms with E-state index in [1.807, 2.05) is 6.92 Å². The lowest BCUT2D eigenvalue weighted by atomic mass is 9.96. The Morgan fingerprint density at radius 1 is 1.46 bits per heavy atom. The Hall–Kier alpha value is -1.66. The zero-order valence-corrected chi connectivity index (χ0v) is 14.7. The molecule has 1 heterocycles. The fourth-order valence-electron chi connectivity index (χ4n) is 3.16. The van der Waals surface area contributed by atoms with Gasteiger partial charge in [-0.25, -0.2) is 4.39 Å². The number of halogens is 1. The molecule has 0 saturated carbocycles. The number of hydrogen-bond acceptors (Lipinski definition) is 4. The molecule has 1 atom stereocenters. The molecular weight excluding hydrogens is 311 g/mol. The van der Waals surface area contributed by atoms with E-state index >= 15 is 0 Å². The molecule has 5 nitrogen and oxygen atoms in total. The number of piperidine rings is 1. The van der Waals surface area contributed by atoms with Crippen LogP contribution in [-0.4, -0.2) is 60.7 Å². The molecule has 0 aromatic heterocycles. The van der Waals surface area contributed by atoms with Crippen molar-refractivity contribution in [1.29, 1.82) is 0 Å². The summed E-state index contributed by atoms with van der Waals surface area (Å²) in [5.74, 6) is 0.153. The smallest absolute Gasteiger partial charge is 0.239 e. The Morgan fingerprint density at radius 2 is 2.12 bits per heavy atom. The van der Waals surface area contributed by atoms with Crippen LogP contribution in [0.3, 0.4) is 0 Å². The van der Waals surface area contributed by atoms with Crippen LogP contribution in [0, 0.1) is 11.7 Å². The Kier molecular flexibility index (Phi) is 6.57. The van der Waals surface area contributed by atoms with E-state index in [4.69, 9.17) is 4.74 Å². The molecule has 0 aliphatic carbocycles. The van der Waals surface area contributed by atoms with Crippen LogP contribution in [0.15, 0.2) is 18.2 Å². The molecule has 1 N–H and O–H groups in total. The van der Waals surface area contributed by atoms with Crippen molar-refractivity contribution in [2.24, 2.45) is 5.92 Å². The molecule has 1 fully saturated rings. The summed E-state index contributed by atoms with van der Waals surface area (Å²) in [6, 6.07) is 4.53. The second-order valence-electron chi connectivity index (χ2n) is 6.50. The van der Waals surface area contributed by atoms with Crippen LogP contribution in [0.25, 0.3) is 0 Å². The van der Waals surface area contributed by atoms with Crippen molar-refractivity contribution in [1.82, 2.24) is 9.80 Å². The Morgan fingerprint density at radius 3 is 2.67 bits per heavy atom. The highest BCUT2D eigenvalue weighted by Crippen LogP contribution is 2.21. The lowest BCUT2D eigenvalue weighted by Gasteiger charge is -2.36. The first kappa shape index (κ1) is 18.7. The molecule has 1 amide bonds. The Labute approximate surface area is 143 Å². The number of likely N-dealkylation sites (tertiary alicyclic amines) is 1. The molecule has 1 unspecified atom stereocenters. The van der Waals surface area contributed by atoms with E-state index < -0.39 is 5.82 Å². The van der Waals surface area contributed by atoms with Gasteiger partial charge < -0.3 is 14.7 Å². The predicted octanol–water partition coefficient (Wildman–Crippen LogP) is 1.89. The molecule has 2 rings (SSSR count). The number of methoxy groups -OCH3 is 1. The van der Waals surface area contributed by atoms with Gasteiger partial charge in [-0.15, -0.1) is 0 Å². The van der Waals surface area contributed by atoms with Crippen LogP contribution in [0.2, 0.25) is 0 Å². The normalized spacial score (nSPS) is 17.5. The topological polar surface area (TPSA) is 53.0 Å². The number of likely N-dealkylation sites (N-methyl/N-ethyl adjacent to an activating group) is 1. The summed E-state index contributed by atoms with van der Waals surface area (Å²) in [4.78, 5) is 16.4. The third-order valence-electron chi connectivity index (χ3n) is 4.82. The summed E-state index contributed by atoms with van der Waals surface area (Å²) < 4.78 is 18.7. The number of ether oxygens (including phenoxy) is 1. The molecule has 6 heteroatoms. The highest BCUT2D eigenvalue weighted by Gasteiger charge is 2.28. The van der Waals surface area contributed by atoms with Gasteiger partial charge in [-0.2, -0.15) is 0 Å². The third-order valence-corrected chi connectivity index (χ3v) is 4.82. The number of aliphatic hydroxyl groups is 1. The molecule has 0 spiro atoms. The molecule has 134 valence electrons. The highest BCUT2D eigenvalue weighted by molar-refractivity contribution is 5.81. The number of aliphatic hydroxyl groups excluding tert-OH is 1. The minimum atomic E-state index is -0.421. The van der Waals surface area contributed by atoms with Crippen molar-refractivity contribution in [3.05, 3.63) is 29.6 Å². The van der Waals surface area contributed by atoms with Crippen molar-refractivity contribution in [3.8, 4) is 5.75 Å². The van der Waals surface area contributed by atoms with Gasteiger partial charge in [-0.1, -0.05) is 6.07 Å². The maximum Gasteiger partial charge on any atom is 0.239 e. The summed E-state index contributed by atoms with van der Waals surface area (Å²) >= 11 is 0. The summed E-state index contributed by atoms with van der Waals surface area (Å²) in [6.07, 6.45) is 1.84. The number of amides is 1. The first-order chi connectivity index (χ1) is 11.5. The van der Waals surface area contributed by atoms with Crippen molar-refractivity contribution in [2.75, 3.05) is 33.9 Å².